The van der Waals surface area contributed by atoms with Crippen molar-refractivity contribution in [2.24, 2.45) is 7.05 Å². The second-order valence-corrected chi connectivity index (χ2v) is 7.93. The summed E-state index contributed by atoms with van der Waals surface area (Å²) in [7, 11) is 1.78. The Morgan fingerprint density at radius 2 is 1.85 bits per heavy atom. The molecule has 2 aliphatic rings. The van der Waals surface area contributed by atoms with E-state index in [0.717, 1.165) is 43.3 Å². The number of urea groups is 1. The molecular weight excluding hydrogens is 348 g/mol. The van der Waals surface area contributed by atoms with Gasteiger partial charge in [0.1, 0.15) is 5.03 Å². The molecule has 138 valence electrons. The van der Waals surface area contributed by atoms with Crippen molar-refractivity contribution in [3.8, 4) is 0 Å². The van der Waals surface area contributed by atoms with Gasteiger partial charge in [0.25, 0.3) is 0 Å². The zero-order valence-electron chi connectivity index (χ0n) is 15.1. The Kier molecular flexibility index (Phi) is 4.67. The number of hydrogen-bond donors (Lipinski definition) is 3. The van der Waals surface area contributed by atoms with Gasteiger partial charge in [0, 0.05) is 24.7 Å². The van der Waals surface area contributed by atoms with E-state index in [0.29, 0.717) is 10.7 Å². The van der Waals surface area contributed by atoms with Gasteiger partial charge in [-0.1, -0.05) is 6.07 Å². The first-order valence-corrected chi connectivity index (χ1v) is 9.97. The van der Waals surface area contributed by atoms with Crippen LogP contribution in [0.2, 0.25) is 0 Å². The monoisotopic (exact) mass is 372 g/mol. The lowest BCUT2D eigenvalue weighted by molar-refractivity contribution is 0.189. The molecule has 0 aliphatic heterocycles. The van der Waals surface area contributed by atoms with Crippen LogP contribution >= 0.6 is 11.9 Å². The number of nitrogens with one attached hydrogen (secondary N) is 2. The molecule has 0 radical (unpaired) electrons. The summed E-state index contributed by atoms with van der Waals surface area (Å²) in [6, 6.07) is 3.91. The average Bonchev–Trinajstić information content (AvgIpc) is 3.31. The summed E-state index contributed by atoms with van der Waals surface area (Å²) in [5.74, 6) is 0. The number of amides is 2. The summed E-state index contributed by atoms with van der Waals surface area (Å²) in [4.78, 5) is 12.5. The summed E-state index contributed by atoms with van der Waals surface area (Å²) >= 11 is 1.16. The SMILES string of the molecule is CC(O)c1cc(SNC(=O)Nc2c3c(cc4c2CCC4)CCC3)nn1C. The molecule has 0 saturated carbocycles. The number of carbonyl (C=O) groups excluding carboxylic acids is 1. The number of aliphatic hydroxyl groups is 1. The maximum atomic E-state index is 12.5. The van der Waals surface area contributed by atoms with Crippen LogP contribution in [0.3, 0.4) is 0 Å². The zero-order chi connectivity index (χ0) is 18.3. The Morgan fingerprint density at radius 3 is 2.42 bits per heavy atom. The van der Waals surface area contributed by atoms with Gasteiger partial charge in [-0.05, 0) is 73.8 Å². The van der Waals surface area contributed by atoms with Gasteiger partial charge in [0.05, 0.1) is 11.8 Å². The standard InChI is InChI=1S/C19H24N4O2S/c1-11(24)16-10-17(21-23(16)2)26-22-19(25)20-18-14-7-3-5-12(14)9-13-6-4-8-15(13)18/h9-11,24H,3-8H2,1-2H3,(H2,20,22,25). The lowest BCUT2D eigenvalue weighted by atomic mass is 9.99. The molecule has 0 bridgehead atoms. The number of anilines is 1. The van der Waals surface area contributed by atoms with Crippen molar-refractivity contribution in [1.29, 1.82) is 0 Å². The summed E-state index contributed by atoms with van der Waals surface area (Å²) < 4.78 is 4.45. The number of rotatable bonds is 4. The molecule has 2 amide bonds. The van der Waals surface area contributed by atoms with Gasteiger partial charge < -0.3 is 10.4 Å². The summed E-state index contributed by atoms with van der Waals surface area (Å²) in [5, 5.41) is 17.8. The van der Waals surface area contributed by atoms with Crippen LogP contribution in [0.4, 0.5) is 10.5 Å². The van der Waals surface area contributed by atoms with E-state index in [2.05, 4.69) is 21.2 Å². The van der Waals surface area contributed by atoms with Crippen molar-refractivity contribution in [1.82, 2.24) is 14.5 Å². The van der Waals surface area contributed by atoms with Crippen molar-refractivity contribution in [2.45, 2.75) is 56.6 Å². The number of carbonyl (C=O) groups is 1. The molecule has 1 atom stereocenters. The van der Waals surface area contributed by atoms with Crippen LogP contribution in [0, 0.1) is 0 Å². The van der Waals surface area contributed by atoms with E-state index in [1.165, 1.54) is 35.1 Å². The number of aliphatic hydroxyl groups excluding tert-OH is 1. The second kappa shape index (κ2) is 6.96. The molecule has 3 N–H and O–H groups in total. The number of fused-ring (bicyclic) bond motifs is 2. The first kappa shape index (κ1) is 17.4. The van der Waals surface area contributed by atoms with Crippen molar-refractivity contribution >= 4 is 23.7 Å². The Bertz CT molecular complexity index is 827. The molecule has 0 fully saturated rings. The summed E-state index contributed by atoms with van der Waals surface area (Å²) in [6.45, 7) is 1.70. The Labute approximate surface area is 157 Å². The van der Waals surface area contributed by atoms with Gasteiger partial charge in [-0.2, -0.15) is 5.10 Å². The highest BCUT2D eigenvalue weighted by molar-refractivity contribution is 7.97. The number of hydrogen-bond acceptors (Lipinski definition) is 4. The molecule has 2 aromatic rings. The normalized spacial score (nSPS) is 16.3. The van der Waals surface area contributed by atoms with Crippen LogP contribution < -0.4 is 10.0 Å². The van der Waals surface area contributed by atoms with Crippen molar-refractivity contribution < 1.29 is 9.90 Å². The van der Waals surface area contributed by atoms with E-state index in [9.17, 15) is 9.90 Å². The minimum absolute atomic E-state index is 0.228. The molecule has 1 aromatic heterocycles. The third-order valence-corrected chi connectivity index (χ3v) is 5.98. The van der Waals surface area contributed by atoms with E-state index in [-0.39, 0.29) is 6.03 Å². The molecule has 4 rings (SSSR count). The number of nitrogens with zero attached hydrogens (tertiary/aromatic N) is 2. The highest BCUT2D eigenvalue weighted by atomic mass is 32.2. The van der Waals surface area contributed by atoms with Crippen LogP contribution in [0.5, 0.6) is 0 Å². The van der Waals surface area contributed by atoms with Crippen LogP contribution in [0.1, 0.15) is 53.8 Å². The maximum Gasteiger partial charge on any atom is 0.329 e. The van der Waals surface area contributed by atoms with E-state index >= 15 is 0 Å². The number of aromatic nitrogens is 2. The fourth-order valence-corrected chi connectivity index (χ4v) is 4.69. The fraction of sp³-hybridized carbons (Fsp3) is 0.474. The first-order chi connectivity index (χ1) is 12.5. The minimum Gasteiger partial charge on any atom is -0.387 e. The van der Waals surface area contributed by atoms with Crippen molar-refractivity contribution in [3.63, 3.8) is 0 Å². The molecule has 0 saturated heterocycles. The Morgan fingerprint density at radius 1 is 1.19 bits per heavy atom. The third kappa shape index (κ3) is 3.21. The lowest BCUT2D eigenvalue weighted by Gasteiger charge is -2.16. The van der Waals surface area contributed by atoms with E-state index < -0.39 is 6.10 Å². The quantitative estimate of drug-likeness (QED) is 0.720. The molecule has 6 nitrogen and oxygen atoms in total. The second-order valence-electron chi connectivity index (χ2n) is 7.10. The number of benzene rings is 1. The summed E-state index contributed by atoms with van der Waals surface area (Å²) in [5.41, 5.74) is 7.20. The molecular formula is C19H24N4O2S. The van der Waals surface area contributed by atoms with Gasteiger partial charge in [-0.25, -0.2) is 4.79 Å². The molecule has 1 aromatic carbocycles. The predicted octanol–water partition coefficient (Wildman–Crippen LogP) is 3.28. The van der Waals surface area contributed by atoms with Gasteiger partial charge in [-0.15, -0.1) is 0 Å². The largest absolute Gasteiger partial charge is 0.387 e. The molecule has 0 spiro atoms. The lowest BCUT2D eigenvalue weighted by Crippen LogP contribution is -2.24. The topological polar surface area (TPSA) is 79.2 Å². The van der Waals surface area contributed by atoms with E-state index in [1.807, 2.05) is 0 Å². The minimum atomic E-state index is -0.592. The van der Waals surface area contributed by atoms with Gasteiger partial charge >= 0.3 is 6.03 Å². The fourth-order valence-electron chi connectivity index (χ4n) is 4.10. The molecule has 26 heavy (non-hydrogen) atoms. The van der Waals surface area contributed by atoms with Gasteiger partial charge in [0.2, 0.25) is 0 Å². The zero-order valence-corrected chi connectivity index (χ0v) is 15.9. The maximum absolute atomic E-state index is 12.5. The third-order valence-electron chi connectivity index (χ3n) is 5.28. The summed E-state index contributed by atoms with van der Waals surface area (Å²) in [6.07, 6.45) is 6.06. The predicted molar refractivity (Wildman–Crippen MR) is 102 cm³/mol. The molecule has 7 heteroatoms. The highest BCUT2D eigenvalue weighted by Crippen LogP contribution is 2.38. The molecule has 1 unspecified atom stereocenters. The van der Waals surface area contributed by atoms with Crippen LogP contribution in [-0.4, -0.2) is 20.9 Å². The Balaban J connectivity index is 1.47. The van der Waals surface area contributed by atoms with E-state index in [4.69, 9.17) is 0 Å². The Hall–Kier alpha value is -1.99. The molecule has 2 aliphatic carbocycles. The van der Waals surface area contributed by atoms with Gasteiger partial charge in [-0.3, -0.25) is 9.40 Å². The van der Waals surface area contributed by atoms with Crippen molar-refractivity contribution in [3.05, 3.63) is 40.1 Å². The molecule has 1 heterocycles. The van der Waals surface area contributed by atoms with Crippen LogP contribution in [0.25, 0.3) is 0 Å². The van der Waals surface area contributed by atoms with Crippen molar-refractivity contribution in [2.75, 3.05) is 5.32 Å². The average molecular weight is 372 g/mol. The highest BCUT2D eigenvalue weighted by Gasteiger charge is 2.25. The van der Waals surface area contributed by atoms with Gasteiger partial charge in [0.15, 0.2) is 0 Å². The smallest absolute Gasteiger partial charge is 0.329 e. The van der Waals surface area contributed by atoms with E-state index in [1.54, 1.807) is 24.7 Å². The number of aryl methyl sites for hydroxylation is 3. The van der Waals surface area contributed by atoms with Crippen LogP contribution in [-0.2, 0) is 32.7 Å². The first-order valence-electron chi connectivity index (χ1n) is 9.15. The van der Waals surface area contributed by atoms with Crippen LogP contribution in [0.15, 0.2) is 17.2 Å².